The minimum atomic E-state index is -0.0906. The molecule has 26 heavy (non-hydrogen) atoms. The van der Waals surface area contributed by atoms with Crippen molar-refractivity contribution in [3.63, 3.8) is 0 Å². The van der Waals surface area contributed by atoms with Crippen LogP contribution >= 0.6 is 0 Å². The van der Waals surface area contributed by atoms with E-state index in [2.05, 4.69) is 24.1 Å². The van der Waals surface area contributed by atoms with Gasteiger partial charge in [0.2, 0.25) is 0 Å². The number of nitrogens with zero attached hydrogens (tertiary/aromatic N) is 1. The van der Waals surface area contributed by atoms with E-state index >= 15 is 0 Å². The topological polar surface area (TPSA) is 49.4 Å². The molecule has 134 valence electrons. The predicted octanol–water partition coefficient (Wildman–Crippen LogP) is 3.50. The van der Waals surface area contributed by atoms with Gasteiger partial charge in [-0.1, -0.05) is 30.3 Å². The predicted molar refractivity (Wildman–Crippen MR) is 103 cm³/mol. The molecule has 1 saturated heterocycles. The lowest BCUT2D eigenvalue weighted by atomic mass is 10.0. The van der Waals surface area contributed by atoms with Gasteiger partial charge in [0, 0.05) is 35.3 Å². The van der Waals surface area contributed by atoms with Crippen LogP contribution in [0.5, 0.6) is 0 Å². The van der Waals surface area contributed by atoms with E-state index in [1.807, 2.05) is 36.4 Å². The summed E-state index contributed by atoms with van der Waals surface area (Å²) in [6.45, 7) is 6.36. The molecule has 0 aromatic heterocycles. The molecule has 0 bridgehead atoms. The zero-order chi connectivity index (χ0) is 18.3. The number of fused-ring (bicyclic) bond motifs is 3. The van der Waals surface area contributed by atoms with Crippen LogP contribution in [0.15, 0.2) is 42.5 Å². The van der Waals surface area contributed by atoms with Crippen LogP contribution < -0.4 is 5.32 Å². The average Bonchev–Trinajstić information content (AvgIpc) is 2.94. The molecule has 2 aromatic carbocycles. The van der Waals surface area contributed by atoms with Crippen molar-refractivity contribution in [3.05, 3.63) is 59.2 Å². The van der Waals surface area contributed by atoms with E-state index in [4.69, 9.17) is 0 Å². The molecule has 4 heteroatoms. The first-order chi connectivity index (χ1) is 12.5. The molecule has 0 unspecified atom stereocenters. The highest BCUT2D eigenvalue weighted by atomic mass is 16.1. The molecular weight excluding hydrogens is 324 g/mol. The Morgan fingerprint density at radius 1 is 1.08 bits per heavy atom. The summed E-state index contributed by atoms with van der Waals surface area (Å²) in [5.41, 5.74) is 3.79. The summed E-state index contributed by atoms with van der Waals surface area (Å²) in [5.74, 6) is -0.0824. The van der Waals surface area contributed by atoms with Crippen LogP contribution in [0.4, 0.5) is 0 Å². The third-order valence-corrected chi connectivity index (χ3v) is 5.51. The Morgan fingerprint density at radius 2 is 1.81 bits per heavy atom. The number of rotatable bonds is 3. The molecule has 1 atom stereocenters. The summed E-state index contributed by atoms with van der Waals surface area (Å²) >= 11 is 0. The quantitative estimate of drug-likeness (QED) is 0.788. The van der Waals surface area contributed by atoms with E-state index in [1.54, 1.807) is 6.07 Å². The van der Waals surface area contributed by atoms with Crippen molar-refractivity contribution >= 4 is 11.7 Å². The van der Waals surface area contributed by atoms with Gasteiger partial charge in [-0.2, -0.15) is 0 Å². The molecule has 0 spiro atoms. The number of carbonyl (C=O) groups excluding carboxylic acids is 2. The molecule has 2 aromatic rings. The molecular formula is C22H24N2O2. The van der Waals surface area contributed by atoms with Crippen LogP contribution in [-0.2, 0) is 0 Å². The van der Waals surface area contributed by atoms with E-state index in [-0.39, 0.29) is 17.7 Å². The van der Waals surface area contributed by atoms with Gasteiger partial charge >= 0.3 is 0 Å². The summed E-state index contributed by atoms with van der Waals surface area (Å²) in [5, 5.41) is 3.16. The third kappa shape index (κ3) is 2.95. The molecule has 1 heterocycles. The van der Waals surface area contributed by atoms with Gasteiger partial charge < -0.3 is 5.32 Å². The number of ketones is 1. The zero-order valence-electron chi connectivity index (χ0n) is 15.3. The largest absolute Gasteiger partial charge is 0.348 e. The number of nitrogens with one attached hydrogen (secondary N) is 1. The maximum atomic E-state index is 12.7. The van der Waals surface area contributed by atoms with Gasteiger partial charge in [0.05, 0.1) is 0 Å². The van der Waals surface area contributed by atoms with Crippen LogP contribution in [0.25, 0.3) is 11.1 Å². The number of amides is 1. The van der Waals surface area contributed by atoms with E-state index in [9.17, 15) is 9.59 Å². The Bertz CT molecular complexity index is 872. The second-order valence-corrected chi connectivity index (χ2v) is 7.54. The fourth-order valence-electron chi connectivity index (χ4n) is 4.03. The van der Waals surface area contributed by atoms with Gasteiger partial charge in [-0.3, -0.25) is 14.5 Å². The summed E-state index contributed by atoms with van der Waals surface area (Å²) in [6.07, 6.45) is 2.10. The van der Waals surface area contributed by atoms with E-state index in [1.165, 1.54) is 0 Å². The van der Waals surface area contributed by atoms with Crippen LogP contribution in [0.1, 0.15) is 53.0 Å². The molecule has 0 saturated carbocycles. The van der Waals surface area contributed by atoms with Gasteiger partial charge in [-0.25, -0.2) is 0 Å². The fourth-order valence-corrected chi connectivity index (χ4v) is 4.03. The second-order valence-electron chi connectivity index (χ2n) is 7.54. The van der Waals surface area contributed by atoms with Crippen LogP contribution in [0.2, 0.25) is 0 Å². The normalized spacial score (nSPS) is 19.3. The molecule has 1 aliphatic heterocycles. The van der Waals surface area contributed by atoms with Gasteiger partial charge in [-0.05, 0) is 56.5 Å². The van der Waals surface area contributed by atoms with Gasteiger partial charge in [0.25, 0.3) is 5.91 Å². The first-order valence-electron chi connectivity index (χ1n) is 9.37. The number of benzene rings is 2. The lowest BCUT2D eigenvalue weighted by Crippen LogP contribution is -2.49. The summed E-state index contributed by atoms with van der Waals surface area (Å²) in [4.78, 5) is 27.8. The highest BCUT2D eigenvalue weighted by Gasteiger charge is 2.28. The van der Waals surface area contributed by atoms with Crippen molar-refractivity contribution in [2.45, 2.75) is 38.8 Å². The minimum Gasteiger partial charge on any atom is -0.348 e. The number of carbonyl (C=O) groups is 2. The van der Waals surface area contributed by atoms with Crippen LogP contribution in [0.3, 0.4) is 0 Å². The van der Waals surface area contributed by atoms with Gasteiger partial charge in [0.15, 0.2) is 5.78 Å². The third-order valence-electron chi connectivity index (χ3n) is 5.51. The monoisotopic (exact) mass is 348 g/mol. The van der Waals surface area contributed by atoms with E-state index < -0.39 is 0 Å². The summed E-state index contributed by atoms with van der Waals surface area (Å²) in [6, 6.07) is 13.7. The molecule has 1 amide bonds. The molecule has 1 aliphatic carbocycles. The summed E-state index contributed by atoms with van der Waals surface area (Å²) in [7, 11) is 0. The van der Waals surface area contributed by atoms with Crippen molar-refractivity contribution in [1.82, 2.24) is 10.2 Å². The lowest BCUT2D eigenvalue weighted by molar-refractivity contribution is 0.0886. The van der Waals surface area contributed by atoms with Crippen molar-refractivity contribution < 1.29 is 9.59 Å². The van der Waals surface area contributed by atoms with E-state index in [0.717, 1.165) is 42.6 Å². The number of piperidine rings is 1. The lowest BCUT2D eigenvalue weighted by Gasteiger charge is -2.35. The average molecular weight is 348 g/mol. The molecule has 1 N–H and O–H groups in total. The Morgan fingerprint density at radius 3 is 2.58 bits per heavy atom. The maximum absolute atomic E-state index is 12.7. The number of likely N-dealkylation sites (tertiary alicyclic amines) is 1. The molecule has 4 nitrogen and oxygen atoms in total. The van der Waals surface area contributed by atoms with Crippen molar-refractivity contribution in [2.24, 2.45) is 0 Å². The minimum absolute atomic E-state index is 0.00824. The van der Waals surface area contributed by atoms with Crippen molar-refractivity contribution in [1.29, 1.82) is 0 Å². The first-order valence-corrected chi connectivity index (χ1v) is 9.37. The van der Waals surface area contributed by atoms with Gasteiger partial charge in [-0.15, -0.1) is 0 Å². The second kappa shape index (κ2) is 6.69. The molecule has 1 fully saturated rings. The SMILES string of the molecule is CC(C)N1CCC[C@@H](NC(=O)c2ccc3c(c2)C(=O)c2ccccc2-3)C1. The standard InChI is InChI=1S/C22H24N2O2/c1-14(2)24-11-5-6-16(13-24)23-22(26)15-9-10-18-17-7-3-4-8-19(17)21(25)20(18)12-15/h3-4,7-10,12,14,16H,5-6,11,13H2,1-2H3,(H,23,26)/t16-/m1/s1. The van der Waals surface area contributed by atoms with Crippen molar-refractivity contribution in [3.8, 4) is 11.1 Å². The molecule has 0 radical (unpaired) electrons. The van der Waals surface area contributed by atoms with Crippen molar-refractivity contribution in [2.75, 3.05) is 13.1 Å². The Balaban J connectivity index is 1.53. The first kappa shape index (κ1) is 17.0. The number of hydrogen-bond acceptors (Lipinski definition) is 3. The summed E-state index contributed by atoms with van der Waals surface area (Å²) < 4.78 is 0. The van der Waals surface area contributed by atoms with Crippen LogP contribution in [-0.4, -0.2) is 41.8 Å². The maximum Gasteiger partial charge on any atom is 0.251 e. The van der Waals surface area contributed by atoms with E-state index in [0.29, 0.717) is 17.2 Å². The Hall–Kier alpha value is -2.46. The molecule has 2 aliphatic rings. The fraction of sp³-hybridized carbons (Fsp3) is 0.364. The smallest absolute Gasteiger partial charge is 0.251 e. The Kier molecular flexibility index (Phi) is 4.37. The highest BCUT2D eigenvalue weighted by molar-refractivity contribution is 6.22. The highest BCUT2D eigenvalue weighted by Crippen LogP contribution is 2.36. The van der Waals surface area contributed by atoms with Crippen LogP contribution in [0, 0.1) is 0 Å². The molecule has 4 rings (SSSR count). The Labute approximate surface area is 154 Å². The number of hydrogen-bond donors (Lipinski definition) is 1. The van der Waals surface area contributed by atoms with Gasteiger partial charge in [0.1, 0.15) is 0 Å². The zero-order valence-corrected chi connectivity index (χ0v) is 15.3.